The van der Waals surface area contributed by atoms with Crippen LogP contribution in [0.25, 0.3) is 0 Å². The molecule has 2 aromatic rings. The van der Waals surface area contributed by atoms with E-state index in [9.17, 15) is 13.2 Å². The fourth-order valence-electron chi connectivity index (χ4n) is 3.67. The minimum atomic E-state index is -3.40. The lowest BCUT2D eigenvalue weighted by molar-refractivity contribution is 0.0951. The molecule has 0 radical (unpaired) electrons. The zero-order chi connectivity index (χ0) is 21.6. The van der Waals surface area contributed by atoms with Gasteiger partial charge in [0, 0.05) is 18.7 Å². The van der Waals surface area contributed by atoms with Gasteiger partial charge in [0.25, 0.3) is 5.91 Å². The predicted molar refractivity (Wildman–Crippen MR) is 121 cm³/mol. The van der Waals surface area contributed by atoms with Crippen LogP contribution in [0.3, 0.4) is 0 Å². The van der Waals surface area contributed by atoms with Crippen LogP contribution in [0, 0.1) is 6.92 Å². The summed E-state index contributed by atoms with van der Waals surface area (Å²) in [6.45, 7) is 5.54. The number of aryl methyl sites for hydroxylation is 1. The van der Waals surface area contributed by atoms with Gasteiger partial charge in [-0.1, -0.05) is 43.2 Å². The second kappa shape index (κ2) is 10.1. The summed E-state index contributed by atoms with van der Waals surface area (Å²) < 4.78 is 25.5. The smallest absolute Gasteiger partial charge is 0.251 e. The topological polar surface area (TPSA) is 78.5 Å². The number of nitrogens with zero attached hydrogens (tertiary/aromatic N) is 1. The zero-order valence-corrected chi connectivity index (χ0v) is 18.6. The molecule has 30 heavy (non-hydrogen) atoms. The van der Waals surface area contributed by atoms with Crippen molar-refractivity contribution in [2.75, 3.05) is 24.1 Å². The van der Waals surface area contributed by atoms with Crippen molar-refractivity contribution in [2.45, 2.75) is 45.7 Å². The summed E-state index contributed by atoms with van der Waals surface area (Å²) in [4.78, 5) is 15.0. The maximum absolute atomic E-state index is 12.5. The number of anilines is 1. The first-order valence-electron chi connectivity index (χ1n) is 10.5. The maximum Gasteiger partial charge on any atom is 0.251 e. The van der Waals surface area contributed by atoms with Crippen LogP contribution in [0.5, 0.6) is 0 Å². The van der Waals surface area contributed by atoms with E-state index >= 15 is 0 Å². The Labute approximate surface area is 179 Å². The Morgan fingerprint density at radius 2 is 1.60 bits per heavy atom. The summed E-state index contributed by atoms with van der Waals surface area (Å²) in [5, 5.41) is 2.91. The van der Waals surface area contributed by atoms with Gasteiger partial charge in [-0.05, 0) is 61.7 Å². The molecule has 2 N–H and O–H groups in total. The highest BCUT2D eigenvalue weighted by Gasteiger charge is 2.12. The van der Waals surface area contributed by atoms with Crippen molar-refractivity contribution in [3.8, 4) is 0 Å². The molecule has 0 aliphatic carbocycles. The Kier molecular flexibility index (Phi) is 7.50. The number of rotatable bonds is 7. The van der Waals surface area contributed by atoms with Gasteiger partial charge in [-0.2, -0.15) is 0 Å². The van der Waals surface area contributed by atoms with E-state index in [2.05, 4.69) is 39.2 Å². The normalized spacial score (nSPS) is 15.4. The van der Waals surface area contributed by atoms with Gasteiger partial charge in [0.05, 0.1) is 11.9 Å². The lowest BCUT2D eigenvalue weighted by Gasteiger charge is -2.19. The minimum Gasteiger partial charge on any atom is -0.348 e. The maximum atomic E-state index is 12.5. The quantitative estimate of drug-likeness (QED) is 0.704. The summed E-state index contributed by atoms with van der Waals surface area (Å²) in [5.74, 6) is -0.236. The largest absolute Gasteiger partial charge is 0.348 e. The zero-order valence-electron chi connectivity index (χ0n) is 17.8. The third kappa shape index (κ3) is 6.85. The van der Waals surface area contributed by atoms with Crippen LogP contribution >= 0.6 is 0 Å². The number of carbonyl (C=O) groups excluding carboxylic acids is 1. The Morgan fingerprint density at radius 1 is 0.967 bits per heavy atom. The van der Waals surface area contributed by atoms with E-state index in [0.29, 0.717) is 17.8 Å². The molecule has 1 saturated heterocycles. The summed E-state index contributed by atoms with van der Waals surface area (Å²) in [7, 11) is -3.40. The number of hydrogen-bond donors (Lipinski definition) is 2. The van der Waals surface area contributed by atoms with Crippen LogP contribution in [0.2, 0.25) is 0 Å². The number of carbonyl (C=O) groups is 1. The average Bonchev–Trinajstić information content (AvgIpc) is 2.96. The fraction of sp³-hybridized carbons (Fsp3) is 0.435. The van der Waals surface area contributed by atoms with Gasteiger partial charge in [0.2, 0.25) is 10.0 Å². The van der Waals surface area contributed by atoms with E-state index in [1.165, 1.54) is 44.3 Å². The molecule has 3 rings (SSSR count). The van der Waals surface area contributed by atoms with Crippen LogP contribution in [-0.2, 0) is 23.1 Å². The number of benzene rings is 2. The van der Waals surface area contributed by atoms with Gasteiger partial charge in [0.15, 0.2) is 0 Å². The van der Waals surface area contributed by atoms with Crippen molar-refractivity contribution >= 4 is 21.6 Å². The van der Waals surface area contributed by atoms with Crippen LogP contribution in [-0.4, -0.2) is 38.6 Å². The molecule has 7 heteroatoms. The van der Waals surface area contributed by atoms with Crippen LogP contribution in [0.1, 0.15) is 52.7 Å². The van der Waals surface area contributed by atoms with E-state index in [4.69, 9.17) is 0 Å². The first-order chi connectivity index (χ1) is 14.3. The minimum absolute atomic E-state index is 0.236. The molecule has 162 valence electrons. The van der Waals surface area contributed by atoms with Crippen LogP contribution in [0.4, 0.5) is 5.69 Å². The molecule has 6 nitrogen and oxygen atoms in total. The number of likely N-dealkylation sites (tertiary alicyclic amines) is 1. The van der Waals surface area contributed by atoms with Gasteiger partial charge in [0.1, 0.15) is 0 Å². The molecular formula is C23H31N3O3S. The second-order valence-corrected chi connectivity index (χ2v) is 9.84. The van der Waals surface area contributed by atoms with E-state index < -0.39 is 10.0 Å². The highest BCUT2D eigenvalue weighted by Crippen LogP contribution is 2.18. The molecule has 1 fully saturated rings. The number of nitrogens with one attached hydrogen (secondary N) is 2. The third-order valence-electron chi connectivity index (χ3n) is 5.38. The number of hydrogen-bond acceptors (Lipinski definition) is 4. The summed E-state index contributed by atoms with van der Waals surface area (Å²) in [6, 6.07) is 13.4. The molecule has 0 aromatic heterocycles. The predicted octanol–water partition coefficient (Wildman–Crippen LogP) is 3.67. The molecule has 0 spiro atoms. The fourth-order valence-corrected chi connectivity index (χ4v) is 4.29. The van der Waals surface area contributed by atoms with E-state index in [1.54, 1.807) is 25.1 Å². The van der Waals surface area contributed by atoms with Crippen molar-refractivity contribution in [3.63, 3.8) is 0 Å². The molecule has 1 amide bonds. The molecule has 1 aliphatic heterocycles. The molecule has 0 unspecified atom stereocenters. The Balaban J connectivity index is 1.56. The van der Waals surface area contributed by atoms with Gasteiger partial charge in [-0.3, -0.25) is 14.4 Å². The molecule has 0 atom stereocenters. The van der Waals surface area contributed by atoms with E-state index in [-0.39, 0.29) is 5.91 Å². The van der Waals surface area contributed by atoms with Crippen LogP contribution < -0.4 is 10.0 Å². The SMILES string of the molecule is Cc1ccc(C(=O)NCc2ccc(CN3CCCCCC3)cc2)cc1NS(C)(=O)=O. The monoisotopic (exact) mass is 429 g/mol. The third-order valence-corrected chi connectivity index (χ3v) is 5.97. The summed E-state index contributed by atoms with van der Waals surface area (Å²) in [5.41, 5.74) is 3.93. The molecule has 1 aliphatic rings. The van der Waals surface area contributed by atoms with Gasteiger partial charge < -0.3 is 5.32 Å². The lowest BCUT2D eigenvalue weighted by Crippen LogP contribution is -2.24. The Morgan fingerprint density at radius 3 is 2.23 bits per heavy atom. The molecule has 2 aromatic carbocycles. The number of amides is 1. The molecule has 0 bridgehead atoms. The average molecular weight is 430 g/mol. The highest BCUT2D eigenvalue weighted by molar-refractivity contribution is 7.92. The summed E-state index contributed by atoms with van der Waals surface area (Å²) in [6.07, 6.45) is 6.33. The van der Waals surface area contributed by atoms with E-state index in [1.807, 2.05) is 0 Å². The second-order valence-electron chi connectivity index (χ2n) is 8.09. The van der Waals surface area contributed by atoms with Gasteiger partial charge >= 0.3 is 0 Å². The van der Waals surface area contributed by atoms with Crippen molar-refractivity contribution in [1.82, 2.24) is 10.2 Å². The summed E-state index contributed by atoms with van der Waals surface area (Å²) >= 11 is 0. The van der Waals surface area contributed by atoms with Crippen molar-refractivity contribution in [1.29, 1.82) is 0 Å². The lowest BCUT2D eigenvalue weighted by atomic mass is 10.1. The van der Waals surface area contributed by atoms with Gasteiger partial charge in [-0.15, -0.1) is 0 Å². The highest BCUT2D eigenvalue weighted by atomic mass is 32.2. The number of sulfonamides is 1. The van der Waals surface area contributed by atoms with Crippen LogP contribution in [0.15, 0.2) is 42.5 Å². The van der Waals surface area contributed by atoms with E-state index in [0.717, 1.165) is 23.9 Å². The molecular weight excluding hydrogens is 398 g/mol. The first-order valence-corrected chi connectivity index (χ1v) is 12.4. The first kappa shape index (κ1) is 22.3. The molecule has 1 heterocycles. The van der Waals surface area contributed by atoms with Crippen molar-refractivity contribution in [3.05, 3.63) is 64.7 Å². The Bertz CT molecular complexity index is 964. The van der Waals surface area contributed by atoms with Crippen molar-refractivity contribution in [2.24, 2.45) is 0 Å². The Hall–Kier alpha value is -2.38. The standard InChI is InChI=1S/C23H31N3O3S/c1-18-7-12-21(15-22(18)25-30(2,28)29)23(27)24-16-19-8-10-20(11-9-19)17-26-13-5-3-4-6-14-26/h7-12,15,25H,3-6,13-14,16-17H2,1-2H3,(H,24,27). The molecule has 0 saturated carbocycles. The van der Waals surface area contributed by atoms with Crippen molar-refractivity contribution < 1.29 is 13.2 Å². The van der Waals surface area contributed by atoms with Gasteiger partial charge in [-0.25, -0.2) is 8.42 Å².